The van der Waals surface area contributed by atoms with Gasteiger partial charge in [-0.1, -0.05) is 34.6 Å². The molecule has 37 heavy (non-hydrogen) atoms. The molecule has 3 N–H and O–H groups in total. The summed E-state index contributed by atoms with van der Waals surface area (Å²) >= 11 is 0. The molecule has 10 nitrogen and oxygen atoms in total. The molecule has 0 aromatic carbocycles. The molecule has 0 radical (unpaired) electrons. The lowest BCUT2D eigenvalue weighted by Crippen LogP contribution is -2.61. The average molecular weight is 531 g/mol. The normalized spacial score (nSPS) is 21.0. The largest absolute Gasteiger partial charge is 0.453 e. The average Bonchev–Trinajstić information content (AvgIpc) is 3.52. The summed E-state index contributed by atoms with van der Waals surface area (Å²) in [5.74, 6) is -6.28. The summed E-state index contributed by atoms with van der Waals surface area (Å²) < 4.78 is 31.9. The Morgan fingerprint density at radius 2 is 1.65 bits per heavy atom. The van der Waals surface area contributed by atoms with Crippen LogP contribution in [0.15, 0.2) is 0 Å². The van der Waals surface area contributed by atoms with E-state index < -0.39 is 77.3 Å². The molecule has 1 unspecified atom stereocenters. The first kappa shape index (κ1) is 30.4. The van der Waals surface area contributed by atoms with Gasteiger partial charge in [0.25, 0.3) is 5.91 Å². The molecule has 0 bridgehead atoms. The SMILES string of the molecule is COC(=O)N[C@H](C(=O)N1CCC(C)(C)C1C(=O)N[C@@H](CCC(C)(F)F)C(=O)C(=O)NC1CC1)C(C)(C)C. The van der Waals surface area contributed by atoms with E-state index in [0.29, 0.717) is 13.3 Å². The molecule has 1 saturated carbocycles. The third-order valence-corrected chi connectivity index (χ3v) is 6.78. The molecule has 1 heterocycles. The first-order chi connectivity index (χ1) is 16.9. The zero-order valence-electron chi connectivity index (χ0n) is 22.7. The van der Waals surface area contributed by atoms with Crippen LogP contribution >= 0.6 is 0 Å². The standard InChI is InChI=1S/C25H40F2N4O6/c1-23(2,3)17(30-22(36)37-7)21(35)31-13-12-24(4,5)18(31)20(34)29-15(10-11-25(6,26)27)16(32)19(33)28-14-8-9-14/h14-15,17-18H,8-13H2,1-7H3,(H,28,33)(H,29,34)(H,30,36)/t15-,17+,18?/m0/s1. The summed E-state index contributed by atoms with van der Waals surface area (Å²) in [6.45, 7) is 9.71. The minimum atomic E-state index is -3.11. The highest BCUT2D eigenvalue weighted by molar-refractivity contribution is 6.38. The first-order valence-electron chi connectivity index (χ1n) is 12.6. The number of hydrogen-bond donors (Lipinski definition) is 3. The predicted octanol–water partition coefficient (Wildman–Crippen LogP) is 2.15. The quantitative estimate of drug-likeness (QED) is 0.371. The molecule has 1 aliphatic carbocycles. The highest BCUT2D eigenvalue weighted by Gasteiger charge is 2.50. The van der Waals surface area contributed by atoms with Gasteiger partial charge in [0, 0.05) is 19.0 Å². The Bertz CT molecular complexity index is 908. The zero-order chi connectivity index (χ0) is 28.3. The molecule has 3 atom stereocenters. The molecule has 2 aliphatic rings. The lowest BCUT2D eigenvalue weighted by atomic mass is 9.82. The number of halogens is 2. The number of alkyl carbamates (subject to hydrolysis) is 1. The topological polar surface area (TPSA) is 134 Å². The number of hydrogen-bond acceptors (Lipinski definition) is 6. The number of Topliss-reactive ketones (excluding diaryl/α,β-unsaturated/α-hetero) is 1. The minimum Gasteiger partial charge on any atom is -0.453 e. The molecule has 210 valence electrons. The van der Waals surface area contributed by atoms with Gasteiger partial charge >= 0.3 is 6.09 Å². The minimum absolute atomic E-state index is 0.126. The van der Waals surface area contributed by atoms with Crippen LogP contribution in [0.2, 0.25) is 0 Å². The van der Waals surface area contributed by atoms with Crippen LogP contribution in [0.25, 0.3) is 0 Å². The van der Waals surface area contributed by atoms with Crippen molar-refractivity contribution in [2.75, 3.05) is 13.7 Å². The number of likely N-dealkylation sites (tertiary alicyclic amines) is 1. The number of ether oxygens (including phenoxy) is 1. The van der Waals surface area contributed by atoms with E-state index in [1.54, 1.807) is 34.6 Å². The molecular formula is C25H40F2N4O6. The molecule has 2 rings (SSSR count). The first-order valence-corrected chi connectivity index (χ1v) is 12.6. The Morgan fingerprint density at radius 3 is 2.14 bits per heavy atom. The van der Waals surface area contributed by atoms with Crippen LogP contribution in [0.5, 0.6) is 0 Å². The van der Waals surface area contributed by atoms with Crippen molar-refractivity contribution < 1.29 is 37.5 Å². The van der Waals surface area contributed by atoms with Crippen molar-refractivity contribution in [3.8, 4) is 0 Å². The summed E-state index contributed by atoms with van der Waals surface area (Å²) in [6.07, 6.45) is -0.0653. The summed E-state index contributed by atoms with van der Waals surface area (Å²) in [6, 6.07) is -3.69. The van der Waals surface area contributed by atoms with Crippen LogP contribution in [-0.4, -0.2) is 78.2 Å². The highest BCUT2D eigenvalue weighted by Crippen LogP contribution is 2.38. The van der Waals surface area contributed by atoms with Gasteiger partial charge in [-0.15, -0.1) is 0 Å². The van der Waals surface area contributed by atoms with Crippen LogP contribution in [0.4, 0.5) is 13.6 Å². The van der Waals surface area contributed by atoms with Crippen molar-refractivity contribution in [1.29, 1.82) is 0 Å². The fourth-order valence-electron chi connectivity index (χ4n) is 4.38. The molecular weight excluding hydrogens is 490 g/mol. The Balaban J connectivity index is 2.30. The maximum Gasteiger partial charge on any atom is 0.407 e. The van der Waals surface area contributed by atoms with Gasteiger partial charge in [0.15, 0.2) is 0 Å². The van der Waals surface area contributed by atoms with Gasteiger partial charge in [-0.3, -0.25) is 19.2 Å². The number of ketones is 1. The van der Waals surface area contributed by atoms with Gasteiger partial charge < -0.3 is 25.6 Å². The number of methoxy groups -OCH3 is 1. The smallest absolute Gasteiger partial charge is 0.407 e. The maximum absolute atomic E-state index is 13.6. The van der Waals surface area contributed by atoms with Crippen molar-refractivity contribution in [1.82, 2.24) is 20.9 Å². The van der Waals surface area contributed by atoms with E-state index in [9.17, 15) is 32.8 Å². The Kier molecular flexibility index (Phi) is 9.30. The van der Waals surface area contributed by atoms with E-state index in [0.717, 1.165) is 12.8 Å². The zero-order valence-corrected chi connectivity index (χ0v) is 22.7. The third-order valence-electron chi connectivity index (χ3n) is 6.78. The fraction of sp³-hybridized carbons (Fsp3) is 0.800. The number of alkyl halides is 2. The summed E-state index contributed by atoms with van der Waals surface area (Å²) in [7, 11) is 1.17. The van der Waals surface area contributed by atoms with E-state index in [1.807, 2.05) is 0 Å². The molecule has 12 heteroatoms. The summed E-state index contributed by atoms with van der Waals surface area (Å²) in [5.41, 5.74) is -1.46. The van der Waals surface area contributed by atoms with Crippen molar-refractivity contribution >= 4 is 29.6 Å². The van der Waals surface area contributed by atoms with Gasteiger partial charge in [-0.05, 0) is 43.4 Å². The van der Waals surface area contributed by atoms with E-state index in [2.05, 4.69) is 20.7 Å². The number of nitrogens with one attached hydrogen (secondary N) is 3. The van der Waals surface area contributed by atoms with Crippen molar-refractivity contribution in [2.24, 2.45) is 10.8 Å². The van der Waals surface area contributed by atoms with E-state index in [-0.39, 0.29) is 12.6 Å². The monoisotopic (exact) mass is 530 g/mol. The van der Waals surface area contributed by atoms with Gasteiger partial charge in [0.1, 0.15) is 12.1 Å². The van der Waals surface area contributed by atoms with E-state index in [4.69, 9.17) is 0 Å². The molecule has 0 aromatic rings. The van der Waals surface area contributed by atoms with Crippen molar-refractivity contribution in [3.05, 3.63) is 0 Å². The molecule has 1 aliphatic heterocycles. The molecule has 0 spiro atoms. The lowest BCUT2D eigenvalue weighted by Gasteiger charge is -2.37. The Hall–Kier alpha value is -2.79. The highest BCUT2D eigenvalue weighted by atomic mass is 19.3. The Morgan fingerprint density at radius 1 is 1.05 bits per heavy atom. The maximum atomic E-state index is 13.6. The fourth-order valence-corrected chi connectivity index (χ4v) is 4.38. The predicted molar refractivity (Wildman–Crippen MR) is 131 cm³/mol. The molecule has 0 aromatic heterocycles. The number of rotatable bonds is 10. The van der Waals surface area contributed by atoms with Gasteiger partial charge in [-0.25, -0.2) is 13.6 Å². The second-order valence-corrected chi connectivity index (χ2v) is 11.9. The van der Waals surface area contributed by atoms with Gasteiger partial charge in [-0.2, -0.15) is 0 Å². The van der Waals surface area contributed by atoms with Crippen LogP contribution in [-0.2, 0) is 23.9 Å². The third kappa shape index (κ3) is 8.36. The van der Waals surface area contributed by atoms with Gasteiger partial charge in [0.05, 0.1) is 13.2 Å². The molecule has 4 amide bonds. The van der Waals surface area contributed by atoms with Crippen LogP contribution in [0.3, 0.4) is 0 Å². The Labute approximate surface area is 216 Å². The van der Waals surface area contributed by atoms with E-state index >= 15 is 0 Å². The number of carbonyl (C=O) groups is 5. The van der Waals surface area contributed by atoms with Gasteiger partial charge in [0.2, 0.25) is 23.5 Å². The van der Waals surface area contributed by atoms with E-state index in [1.165, 1.54) is 12.0 Å². The van der Waals surface area contributed by atoms with Crippen LogP contribution in [0, 0.1) is 10.8 Å². The lowest BCUT2D eigenvalue weighted by molar-refractivity contribution is -0.145. The van der Waals surface area contributed by atoms with Crippen molar-refractivity contribution in [2.45, 2.75) is 104 Å². The summed E-state index contributed by atoms with van der Waals surface area (Å²) in [5, 5.41) is 7.55. The van der Waals surface area contributed by atoms with Crippen molar-refractivity contribution in [3.63, 3.8) is 0 Å². The number of amides is 4. The molecule has 1 saturated heterocycles. The second kappa shape index (κ2) is 11.3. The number of nitrogens with zero attached hydrogens (tertiary/aromatic N) is 1. The number of carbonyl (C=O) groups excluding carboxylic acids is 5. The second-order valence-electron chi connectivity index (χ2n) is 11.9. The van der Waals surface area contributed by atoms with Crippen LogP contribution < -0.4 is 16.0 Å². The molecule has 2 fully saturated rings. The summed E-state index contributed by atoms with van der Waals surface area (Å²) in [4.78, 5) is 65.6. The van der Waals surface area contributed by atoms with Crippen LogP contribution in [0.1, 0.15) is 73.6 Å².